The third kappa shape index (κ3) is 4.04. The summed E-state index contributed by atoms with van der Waals surface area (Å²) in [5, 5.41) is 6.80. The van der Waals surface area contributed by atoms with Crippen LogP contribution in [-0.2, 0) is 9.53 Å². The van der Waals surface area contributed by atoms with Gasteiger partial charge in [0.25, 0.3) is 0 Å². The summed E-state index contributed by atoms with van der Waals surface area (Å²) in [5.74, 6) is 1.38. The van der Waals surface area contributed by atoms with Crippen LogP contribution in [0.3, 0.4) is 0 Å². The Morgan fingerprint density at radius 2 is 2.11 bits per heavy atom. The molecule has 0 radical (unpaired) electrons. The summed E-state index contributed by atoms with van der Waals surface area (Å²) in [4.78, 5) is 21.4. The van der Waals surface area contributed by atoms with E-state index in [0.29, 0.717) is 17.8 Å². The van der Waals surface area contributed by atoms with E-state index in [0.717, 1.165) is 38.6 Å². The normalized spacial score (nSPS) is 26.0. The van der Waals surface area contributed by atoms with Gasteiger partial charge in [-0.2, -0.15) is 5.10 Å². The first kappa shape index (κ1) is 18.9. The second kappa shape index (κ2) is 7.17. The van der Waals surface area contributed by atoms with Crippen molar-refractivity contribution < 1.29 is 9.53 Å². The molecular formula is C20H33N5O2. The topological polar surface area (TPSA) is 74.4 Å². The molecule has 3 fully saturated rings. The van der Waals surface area contributed by atoms with Crippen LogP contribution in [-0.4, -0.2) is 75.3 Å². The number of ether oxygens (including phenoxy) is 1. The first-order chi connectivity index (χ1) is 12.8. The molecular weight excluding hydrogens is 342 g/mol. The first-order valence-electron chi connectivity index (χ1n) is 10.3. The number of morpholine rings is 1. The van der Waals surface area contributed by atoms with Gasteiger partial charge < -0.3 is 9.64 Å². The molecule has 2 saturated heterocycles. The highest BCUT2D eigenvalue weighted by Gasteiger charge is 2.47. The molecule has 1 aromatic heterocycles. The fraction of sp³-hybridized carbons (Fsp3) is 0.850. The number of H-pyrrole nitrogens is 1. The van der Waals surface area contributed by atoms with Crippen molar-refractivity contribution in [2.24, 2.45) is 5.41 Å². The molecule has 7 nitrogen and oxygen atoms in total. The average molecular weight is 376 g/mol. The number of likely N-dealkylation sites (tertiary alicyclic amines) is 1. The Bertz CT molecular complexity index is 644. The van der Waals surface area contributed by atoms with Crippen LogP contribution in [0.1, 0.15) is 64.6 Å². The maximum Gasteiger partial charge on any atom is 0.225 e. The molecule has 4 rings (SSSR count). The smallest absolute Gasteiger partial charge is 0.225 e. The van der Waals surface area contributed by atoms with E-state index in [4.69, 9.17) is 4.74 Å². The van der Waals surface area contributed by atoms with E-state index in [2.05, 4.69) is 40.9 Å². The summed E-state index contributed by atoms with van der Waals surface area (Å²) in [7, 11) is 0. The number of carbonyl (C=O) groups is 1. The van der Waals surface area contributed by atoms with Crippen LogP contribution in [0, 0.1) is 5.41 Å². The Morgan fingerprint density at radius 1 is 1.33 bits per heavy atom. The van der Waals surface area contributed by atoms with Gasteiger partial charge >= 0.3 is 0 Å². The molecule has 1 saturated carbocycles. The third-order valence-corrected chi connectivity index (χ3v) is 6.56. The molecule has 1 unspecified atom stereocenters. The molecule has 3 aliphatic rings. The van der Waals surface area contributed by atoms with Gasteiger partial charge in [0.05, 0.1) is 25.0 Å². The summed E-state index contributed by atoms with van der Waals surface area (Å²) in [6.07, 6.45) is 7.00. The molecule has 1 atom stereocenters. The SMILES string of the molecule is CC(C)(C)CCN1CC(CC(=O)N2CC(c3ncn[nH]3)C2)OCC12CCC2. The van der Waals surface area contributed by atoms with E-state index in [-0.39, 0.29) is 17.6 Å². The van der Waals surface area contributed by atoms with Crippen molar-refractivity contribution >= 4 is 5.91 Å². The minimum atomic E-state index is 0.0213. The second-order valence-electron chi connectivity index (χ2n) is 9.84. The van der Waals surface area contributed by atoms with E-state index in [9.17, 15) is 4.79 Å². The maximum atomic E-state index is 12.7. The average Bonchev–Trinajstić information content (AvgIpc) is 3.03. The van der Waals surface area contributed by atoms with Crippen molar-refractivity contribution in [1.82, 2.24) is 25.0 Å². The van der Waals surface area contributed by atoms with Crippen LogP contribution in [0.2, 0.25) is 0 Å². The van der Waals surface area contributed by atoms with Crippen molar-refractivity contribution in [3.05, 3.63) is 12.2 Å². The highest BCUT2D eigenvalue weighted by Crippen LogP contribution is 2.42. The first-order valence-corrected chi connectivity index (χ1v) is 10.3. The lowest BCUT2D eigenvalue weighted by atomic mass is 9.74. The second-order valence-corrected chi connectivity index (χ2v) is 9.84. The summed E-state index contributed by atoms with van der Waals surface area (Å²) in [6.45, 7) is 11.2. The zero-order valence-electron chi connectivity index (χ0n) is 16.9. The molecule has 1 spiro atoms. The van der Waals surface area contributed by atoms with Gasteiger partial charge in [0.15, 0.2) is 0 Å². The van der Waals surface area contributed by atoms with Gasteiger partial charge in [-0.1, -0.05) is 20.8 Å². The van der Waals surface area contributed by atoms with Gasteiger partial charge in [-0.05, 0) is 37.6 Å². The zero-order chi connectivity index (χ0) is 19.1. The van der Waals surface area contributed by atoms with Crippen LogP contribution >= 0.6 is 0 Å². The summed E-state index contributed by atoms with van der Waals surface area (Å²) >= 11 is 0. The molecule has 1 aliphatic carbocycles. The van der Waals surface area contributed by atoms with Crippen LogP contribution in [0.15, 0.2) is 6.33 Å². The third-order valence-electron chi connectivity index (χ3n) is 6.56. The molecule has 3 heterocycles. The largest absolute Gasteiger partial charge is 0.374 e. The Labute approximate surface area is 161 Å². The maximum absolute atomic E-state index is 12.7. The predicted molar refractivity (Wildman–Crippen MR) is 102 cm³/mol. The number of hydrogen-bond acceptors (Lipinski definition) is 5. The van der Waals surface area contributed by atoms with Gasteiger partial charge in [-0.15, -0.1) is 0 Å². The van der Waals surface area contributed by atoms with Gasteiger partial charge in [-0.3, -0.25) is 14.8 Å². The number of aromatic amines is 1. The number of nitrogens with one attached hydrogen (secondary N) is 1. The minimum absolute atomic E-state index is 0.0213. The van der Waals surface area contributed by atoms with Gasteiger partial charge in [-0.25, -0.2) is 4.98 Å². The molecule has 1 aromatic rings. The van der Waals surface area contributed by atoms with E-state index < -0.39 is 0 Å². The minimum Gasteiger partial charge on any atom is -0.374 e. The van der Waals surface area contributed by atoms with Crippen molar-refractivity contribution in [2.75, 3.05) is 32.8 Å². The van der Waals surface area contributed by atoms with E-state index in [1.165, 1.54) is 32.0 Å². The van der Waals surface area contributed by atoms with Crippen molar-refractivity contribution in [2.45, 2.75) is 70.4 Å². The van der Waals surface area contributed by atoms with Crippen LogP contribution in [0.4, 0.5) is 0 Å². The number of rotatable bonds is 5. The molecule has 27 heavy (non-hydrogen) atoms. The molecule has 0 aromatic carbocycles. The standard InChI is InChI=1S/C20H33N5O2/c1-19(2,3)7-8-25-12-16(27-13-20(25)5-4-6-20)9-17(26)24-10-15(11-24)18-21-14-22-23-18/h14-16H,4-13H2,1-3H3,(H,21,22,23). The number of amides is 1. The zero-order valence-corrected chi connectivity index (χ0v) is 16.9. The number of hydrogen-bond donors (Lipinski definition) is 1. The molecule has 1 N–H and O–H groups in total. The Kier molecular flexibility index (Phi) is 5.01. The van der Waals surface area contributed by atoms with E-state index in [1.807, 2.05) is 4.90 Å². The highest BCUT2D eigenvalue weighted by atomic mass is 16.5. The molecule has 0 bridgehead atoms. The molecule has 2 aliphatic heterocycles. The fourth-order valence-electron chi connectivity index (χ4n) is 4.41. The van der Waals surface area contributed by atoms with Gasteiger partial charge in [0.1, 0.15) is 12.2 Å². The fourth-order valence-corrected chi connectivity index (χ4v) is 4.41. The van der Waals surface area contributed by atoms with Crippen LogP contribution in [0.5, 0.6) is 0 Å². The quantitative estimate of drug-likeness (QED) is 0.854. The lowest BCUT2D eigenvalue weighted by Crippen LogP contribution is -2.63. The monoisotopic (exact) mass is 375 g/mol. The van der Waals surface area contributed by atoms with Gasteiger partial charge in [0.2, 0.25) is 5.91 Å². The van der Waals surface area contributed by atoms with Gasteiger partial charge in [0, 0.05) is 25.2 Å². The van der Waals surface area contributed by atoms with Crippen LogP contribution in [0.25, 0.3) is 0 Å². The predicted octanol–water partition coefficient (Wildman–Crippen LogP) is 2.18. The number of carbonyl (C=O) groups excluding carboxylic acids is 1. The Hall–Kier alpha value is -1.47. The lowest BCUT2D eigenvalue weighted by molar-refractivity contribution is -0.159. The Balaban J connectivity index is 1.28. The van der Waals surface area contributed by atoms with Crippen molar-refractivity contribution in [1.29, 1.82) is 0 Å². The summed E-state index contributed by atoms with van der Waals surface area (Å²) in [6, 6.07) is 0. The van der Waals surface area contributed by atoms with E-state index >= 15 is 0 Å². The van der Waals surface area contributed by atoms with Crippen molar-refractivity contribution in [3.8, 4) is 0 Å². The highest BCUT2D eigenvalue weighted by molar-refractivity contribution is 5.77. The number of aromatic nitrogens is 3. The van der Waals surface area contributed by atoms with E-state index in [1.54, 1.807) is 0 Å². The lowest BCUT2D eigenvalue weighted by Gasteiger charge is -2.55. The summed E-state index contributed by atoms with van der Waals surface area (Å²) in [5.41, 5.74) is 0.584. The molecule has 150 valence electrons. The summed E-state index contributed by atoms with van der Waals surface area (Å²) < 4.78 is 6.17. The van der Waals surface area contributed by atoms with Crippen molar-refractivity contribution in [3.63, 3.8) is 0 Å². The Morgan fingerprint density at radius 3 is 2.70 bits per heavy atom. The molecule has 7 heteroatoms. The van der Waals surface area contributed by atoms with Crippen LogP contribution < -0.4 is 0 Å². The molecule has 1 amide bonds. The number of nitrogens with zero attached hydrogens (tertiary/aromatic N) is 4.